The van der Waals surface area contributed by atoms with E-state index in [-0.39, 0.29) is 0 Å². The number of halogens is 1. The molecule has 0 bridgehead atoms. The summed E-state index contributed by atoms with van der Waals surface area (Å²) in [6.45, 7) is 1.03. The fraction of sp³-hybridized carbons (Fsp3) is 1.00. The molecule has 2 fully saturated rings. The first-order valence-electron chi connectivity index (χ1n) is 4.48. The Balaban J connectivity index is 2.06. The summed E-state index contributed by atoms with van der Waals surface area (Å²) in [7, 11) is 1.81. The minimum absolute atomic E-state index is 0.367. The minimum Gasteiger partial charge on any atom is -0.380 e. The van der Waals surface area contributed by atoms with Crippen LogP contribution in [0.2, 0.25) is 0 Å². The number of rotatable bonds is 1. The van der Waals surface area contributed by atoms with Crippen LogP contribution in [0.4, 0.5) is 0 Å². The zero-order chi connectivity index (χ0) is 8.55. The lowest BCUT2D eigenvalue weighted by atomic mass is 9.83. The average molecular weight is 235 g/mol. The predicted octanol–water partition coefficient (Wildman–Crippen LogP) is 0.651. The van der Waals surface area contributed by atoms with Crippen LogP contribution in [0, 0.1) is 5.92 Å². The van der Waals surface area contributed by atoms with Crippen molar-refractivity contribution < 1.29 is 4.74 Å². The molecule has 1 saturated heterocycles. The van der Waals surface area contributed by atoms with Gasteiger partial charge in [0.25, 0.3) is 0 Å². The monoisotopic (exact) mass is 234 g/mol. The highest BCUT2D eigenvalue weighted by molar-refractivity contribution is 9.09. The summed E-state index contributed by atoms with van der Waals surface area (Å²) in [5.41, 5.74) is 6.49. The number of nitrogens with one attached hydrogen (secondary N) is 2. The zero-order valence-corrected chi connectivity index (χ0v) is 8.80. The summed E-state index contributed by atoms with van der Waals surface area (Å²) in [5.74, 6) is 0.633. The van der Waals surface area contributed by atoms with Gasteiger partial charge in [0.2, 0.25) is 0 Å². The summed E-state index contributed by atoms with van der Waals surface area (Å²) >= 11 is 3.67. The van der Waals surface area contributed by atoms with Crippen molar-refractivity contribution in [3.8, 4) is 0 Å². The molecule has 1 saturated carbocycles. The van der Waals surface area contributed by atoms with E-state index in [2.05, 4.69) is 26.8 Å². The van der Waals surface area contributed by atoms with Gasteiger partial charge < -0.3 is 4.74 Å². The van der Waals surface area contributed by atoms with Gasteiger partial charge in [0.1, 0.15) is 0 Å². The molecule has 4 heteroatoms. The highest BCUT2D eigenvalue weighted by Gasteiger charge is 2.41. The number of methoxy groups -OCH3 is 1. The summed E-state index contributed by atoms with van der Waals surface area (Å²) in [6.07, 6.45) is 2.81. The molecule has 0 aromatic heterocycles. The average Bonchev–Trinajstić information content (AvgIpc) is 2.52. The number of hydrogen-bond donors (Lipinski definition) is 2. The van der Waals surface area contributed by atoms with Gasteiger partial charge in [-0.2, -0.15) is 0 Å². The fourth-order valence-electron chi connectivity index (χ4n) is 2.28. The topological polar surface area (TPSA) is 33.3 Å². The van der Waals surface area contributed by atoms with E-state index in [4.69, 9.17) is 4.74 Å². The number of hydrazine groups is 1. The van der Waals surface area contributed by atoms with E-state index in [1.165, 1.54) is 12.8 Å². The quantitative estimate of drug-likeness (QED) is 0.655. The lowest BCUT2D eigenvalue weighted by Crippen LogP contribution is -2.45. The molecule has 1 heterocycles. The minimum atomic E-state index is 0.367. The molecule has 12 heavy (non-hydrogen) atoms. The molecule has 2 rings (SSSR count). The first kappa shape index (κ1) is 8.94. The van der Waals surface area contributed by atoms with E-state index in [1.807, 2.05) is 0 Å². The van der Waals surface area contributed by atoms with Gasteiger partial charge in [-0.05, 0) is 12.8 Å². The fourth-order valence-corrected chi connectivity index (χ4v) is 3.15. The molecule has 2 aliphatic rings. The molecule has 0 radical (unpaired) electrons. The summed E-state index contributed by atoms with van der Waals surface area (Å²) in [4.78, 5) is 0.533. The third-order valence-electron chi connectivity index (χ3n) is 2.95. The summed E-state index contributed by atoms with van der Waals surface area (Å²) in [5, 5.41) is 0. The van der Waals surface area contributed by atoms with Crippen molar-refractivity contribution >= 4 is 15.9 Å². The Morgan fingerprint density at radius 3 is 3.00 bits per heavy atom. The standard InChI is InChI=1S/C8H15BrN2O/c1-12-8-5-4-10-11-7(5)3-2-6(8)9/h5-8,10-11H,2-4H2,1H3. The molecular formula is C8H15BrN2O. The summed E-state index contributed by atoms with van der Waals surface area (Å²) in [6, 6.07) is 0.615. The second-order valence-electron chi connectivity index (χ2n) is 3.59. The van der Waals surface area contributed by atoms with Crippen molar-refractivity contribution in [2.75, 3.05) is 13.7 Å². The number of fused-ring (bicyclic) bond motifs is 1. The highest BCUT2D eigenvalue weighted by atomic mass is 79.9. The Morgan fingerprint density at radius 2 is 2.25 bits per heavy atom. The molecule has 0 spiro atoms. The first-order chi connectivity index (χ1) is 5.83. The van der Waals surface area contributed by atoms with E-state index in [1.54, 1.807) is 7.11 Å². The van der Waals surface area contributed by atoms with Crippen LogP contribution in [0.1, 0.15) is 12.8 Å². The van der Waals surface area contributed by atoms with Crippen molar-refractivity contribution in [3.05, 3.63) is 0 Å². The molecule has 4 atom stereocenters. The van der Waals surface area contributed by atoms with Crippen LogP contribution < -0.4 is 10.9 Å². The molecule has 4 unspecified atom stereocenters. The van der Waals surface area contributed by atoms with E-state index >= 15 is 0 Å². The van der Waals surface area contributed by atoms with Crippen LogP contribution in [0.3, 0.4) is 0 Å². The Kier molecular flexibility index (Phi) is 2.69. The van der Waals surface area contributed by atoms with Crippen LogP contribution in [-0.4, -0.2) is 30.6 Å². The molecule has 0 amide bonds. The SMILES string of the molecule is COC1C(Br)CCC2NNCC21. The van der Waals surface area contributed by atoms with Crippen molar-refractivity contribution in [2.24, 2.45) is 5.92 Å². The Morgan fingerprint density at radius 1 is 1.42 bits per heavy atom. The summed E-state index contributed by atoms with van der Waals surface area (Å²) < 4.78 is 5.49. The maximum absolute atomic E-state index is 5.49. The van der Waals surface area contributed by atoms with E-state index < -0.39 is 0 Å². The smallest absolute Gasteiger partial charge is 0.0752 e. The third-order valence-corrected chi connectivity index (χ3v) is 3.93. The van der Waals surface area contributed by atoms with Crippen molar-refractivity contribution in [3.63, 3.8) is 0 Å². The Hall–Kier alpha value is 0.360. The van der Waals surface area contributed by atoms with Gasteiger partial charge in [-0.3, -0.25) is 10.9 Å². The van der Waals surface area contributed by atoms with Gasteiger partial charge in [-0.25, -0.2) is 0 Å². The van der Waals surface area contributed by atoms with Crippen LogP contribution in [0.25, 0.3) is 0 Å². The number of hydrogen-bond acceptors (Lipinski definition) is 3. The van der Waals surface area contributed by atoms with Crippen molar-refractivity contribution in [2.45, 2.75) is 29.8 Å². The van der Waals surface area contributed by atoms with Gasteiger partial charge >= 0.3 is 0 Å². The number of alkyl halides is 1. The second-order valence-corrected chi connectivity index (χ2v) is 4.77. The maximum Gasteiger partial charge on any atom is 0.0752 e. The lowest BCUT2D eigenvalue weighted by Gasteiger charge is -2.35. The van der Waals surface area contributed by atoms with Crippen LogP contribution in [0.15, 0.2) is 0 Å². The normalized spacial score (nSPS) is 47.5. The predicted molar refractivity (Wildman–Crippen MR) is 51.2 cm³/mol. The second kappa shape index (κ2) is 3.62. The molecule has 70 valence electrons. The van der Waals surface area contributed by atoms with E-state index in [0.717, 1.165) is 6.54 Å². The highest BCUT2D eigenvalue weighted by Crippen LogP contribution is 2.32. The zero-order valence-electron chi connectivity index (χ0n) is 7.22. The maximum atomic E-state index is 5.49. The van der Waals surface area contributed by atoms with Gasteiger partial charge in [0.15, 0.2) is 0 Å². The number of ether oxygens (including phenoxy) is 1. The molecule has 0 aromatic rings. The van der Waals surface area contributed by atoms with Gasteiger partial charge in [0, 0.05) is 30.4 Å². The Bertz CT molecular complexity index is 167. The van der Waals surface area contributed by atoms with Crippen LogP contribution in [-0.2, 0) is 4.74 Å². The lowest BCUT2D eigenvalue weighted by molar-refractivity contribution is 0.0319. The van der Waals surface area contributed by atoms with Crippen LogP contribution in [0.5, 0.6) is 0 Å². The molecular weight excluding hydrogens is 220 g/mol. The molecule has 1 aliphatic carbocycles. The third kappa shape index (κ3) is 1.41. The molecule has 3 nitrogen and oxygen atoms in total. The van der Waals surface area contributed by atoms with E-state index in [0.29, 0.717) is 22.9 Å². The largest absolute Gasteiger partial charge is 0.380 e. The van der Waals surface area contributed by atoms with Crippen molar-refractivity contribution in [1.29, 1.82) is 0 Å². The van der Waals surface area contributed by atoms with Crippen LogP contribution >= 0.6 is 15.9 Å². The van der Waals surface area contributed by atoms with E-state index in [9.17, 15) is 0 Å². The molecule has 1 aliphatic heterocycles. The van der Waals surface area contributed by atoms with Crippen molar-refractivity contribution in [1.82, 2.24) is 10.9 Å². The van der Waals surface area contributed by atoms with Gasteiger partial charge in [-0.15, -0.1) is 0 Å². The first-order valence-corrected chi connectivity index (χ1v) is 5.39. The molecule has 0 aromatic carbocycles. The Labute approximate surface area is 81.3 Å². The van der Waals surface area contributed by atoms with Gasteiger partial charge in [0.05, 0.1) is 6.10 Å². The molecule has 2 N–H and O–H groups in total. The van der Waals surface area contributed by atoms with Gasteiger partial charge in [-0.1, -0.05) is 15.9 Å².